The maximum Gasteiger partial charge on any atom is 0.239 e. The molecule has 16 heavy (non-hydrogen) atoms. The lowest BCUT2D eigenvalue weighted by Crippen LogP contribution is -2.61. The van der Waals surface area contributed by atoms with E-state index in [0.29, 0.717) is 24.7 Å². The van der Waals surface area contributed by atoms with Gasteiger partial charge in [0.2, 0.25) is 5.91 Å². The van der Waals surface area contributed by atoms with E-state index in [-0.39, 0.29) is 12.5 Å². The number of anilines is 1. The number of hydrogen-bond acceptors (Lipinski definition) is 5. The van der Waals surface area contributed by atoms with Crippen molar-refractivity contribution in [3.8, 4) is 0 Å². The fourth-order valence-electron chi connectivity index (χ4n) is 1.84. The second-order valence-corrected chi connectivity index (χ2v) is 4.51. The van der Waals surface area contributed by atoms with Crippen LogP contribution in [-0.2, 0) is 4.79 Å². The highest BCUT2D eigenvalue weighted by Gasteiger charge is 2.37. The zero-order valence-corrected chi connectivity index (χ0v) is 9.36. The van der Waals surface area contributed by atoms with Crippen LogP contribution in [0.25, 0.3) is 0 Å². The number of carbonyl (C=O) groups is 1. The molecule has 1 aromatic rings. The zero-order valence-electron chi connectivity index (χ0n) is 9.36. The number of nitrogens with one attached hydrogen (secondary N) is 1. The van der Waals surface area contributed by atoms with E-state index in [4.69, 9.17) is 4.52 Å². The van der Waals surface area contributed by atoms with E-state index < -0.39 is 5.60 Å². The number of β-amino-alcohol motifs (C(OH)–C–C–N with tert-alkyl or cyclic N) is 1. The van der Waals surface area contributed by atoms with E-state index in [1.165, 1.54) is 0 Å². The number of likely N-dealkylation sites (tertiary alicyclic amines) is 1. The molecule has 1 aliphatic rings. The fourth-order valence-corrected chi connectivity index (χ4v) is 1.84. The lowest BCUT2D eigenvalue weighted by molar-refractivity contribution is -0.125. The second kappa shape index (κ2) is 3.88. The Hall–Kier alpha value is -1.40. The molecule has 2 rings (SSSR count). The molecule has 2 N–H and O–H groups in total. The predicted octanol–water partition coefficient (Wildman–Crippen LogP) is -0.0119. The molecule has 88 valence electrons. The molecule has 6 nitrogen and oxygen atoms in total. The van der Waals surface area contributed by atoms with Crippen molar-refractivity contribution in [2.45, 2.75) is 19.4 Å². The summed E-state index contributed by atoms with van der Waals surface area (Å²) in [4.78, 5) is 13.4. The van der Waals surface area contributed by atoms with Gasteiger partial charge in [-0.3, -0.25) is 9.69 Å². The summed E-state index contributed by atoms with van der Waals surface area (Å²) < 4.78 is 4.83. The van der Waals surface area contributed by atoms with Gasteiger partial charge in [-0.05, 0) is 13.8 Å². The standard InChI is InChI=1S/C10H15N3O3/c1-7-3-8(12-16-7)11-9(14)4-13-5-10(2,15)6-13/h3,15H,4-6H2,1-2H3,(H,11,12,14). The molecule has 0 bridgehead atoms. The molecule has 1 aromatic heterocycles. The Morgan fingerprint density at radius 3 is 2.94 bits per heavy atom. The first-order valence-corrected chi connectivity index (χ1v) is 5.12. The van der Waals surface area contributed by atoms with Crippen molar-refractivity contribution in [3.05, 3.63) is 11.8 Å². The van der Waals surface area contributed by atoms with Crippen LogP contribution < -0.4 is 5.32 Å². The van der Waals surface area contributed by atoms with E-state index >= 15 is 0 Å². The topological polar surface area (TPSA) is 78.6 Å². The second-order valence-electron chi connectivity index (χ2n) is 4.51. The number of amides is 1. The molecule has 0 aliphatic carbocycles. The highest BCUT2D eigenvalue weighted by atomic mass is 16.5. The minimum atomic E-state index is -0.648. The van der Waals surface area contributed by atoms with Crippen LogP contribution in [-0.4, -0.2) is 46.3 Å². The van der Waals surface area contributed by atoms with Crippen molar-refractivity contribution in [1.29, 1.82) is 0 Å². The third kappa shape index (κ3) is 2.59. The molecule has 2 heterocycles. The lowest BCUT2D eigenvalue weighted by Gasteiger charge is -2.43. The third-order valence-corrected chi connectivity index (χ3v) is 2.39. The van der Waals surface area contributed by atoms with Crippen LogP contribution in [0.1, 0.15) is 12.7 Å². The summed E-state index contributed by atoms with van der Waals surface area (Å²) in [6.45, 7) is 4.83. The molecular weight excluding hydrogens is 210 g/mol. The first kappa shape index (κ1) is 11.1. The lowest BCUT2D eigenvalue weighted by atomic mass is 9.97. The van der Waals surface area contributed by atoms with Gasteiger partial charge in [0.1, 0.15) is 5.76 Å². The Morgan fingerprint density at radius 2 is 2.44 bits per heavy atom. The summed E-state index contributed by atoms with van der Waals surface area (Å²) in [6.07, 6.45) is 0. The molecule has 0 spiro atoms. The Labute approximate surface area is 93.2 Å². The molecule has 0 unspecified atom stereocenters. The molecule has 0 atom stereocenters. The quantitative estimate of drug-likeness (QED) is 0.756. The van der Waals surface area contributed by atoms with Gasteiger partial charge in [0.25, 0.3) is 0 Å². The average molecular weight is 225 g/mol. The average Bonchev–Trinajstić information content (AvgIpc) is 2.47. The molecule has 1 amide bonds. The van der Waals surface area contributed by atoms with Crippen LogP contribution in [0.3, 0.4) is 0 Å². The molecule has 6 heteroatoms. The van der Waals surface area contributed by atoms with Crippen molar-refractivity contribution in [3.63, 3.8) is 0 Å². The van der Waals surface area contributed by atoms with Gasteiger partial charge in [0.15, 0.2) is 5.82 Å². The number of rotatable bonds is 3. The van der Waals surface area contributed by atoms with Crippen molar-refractivity contribution in [1.82, 2.24) is 10.1 Å². The van der Waals surface area contributed by atoms with Gasteiger partial charge in [-0.15, -0.1) is 0 Å². The van der Waals surface area contributed by atoms with Crippen LogP contribution in [0.5, 0.6) is 0 Å². The van der Waals surface area contributed by atoms with E-state index in [1.54, 1.807) is 19.9 Å². The first-order valence-electron chi connectivity index (χ1n) is 5.12. The Morgan fingerprint density at radius 1 is 1.75 bits per heavy atom. The molecule has 1 fully saturated rings. The molecule has 1 saturated heterocycles. The summed E-state index contributed by atoms with van der Waals surface area (Å²) in [6, 6.07) is 1.66. The van der Waals surface area contributed by atoms with E-state index in [0.717, 1.165) is 0 Å². The van der Waals surface area contributed by atoms with Gasteiger partial charge in [0, 0.05) is 19.2 Å². The van der Waals surface area contributed by atoms with E-state index in [9.17, 15) is 9.90 Å². The van der Waals surface area contributed by atoms with Crippen LogP contribution in [0.2, 0.25) is 0 Å². The van der Waals surface area contributed by atoms with E-state index in [2.05, 4.69) is 10.5 Å². The number of aliphatic hydroxyl groups is 1. The summed E-state index contributed by atoms with van der Waals surface area (Å²) in [7, 11) is 0. The SMILES string of the molecule is Cc1cc(NC(=O)CN2CC(C)(O)C2)no1. The van der Waals surface area contributed by atoms with Crippen LogP contribution in [0, 0.1) is 6.92 Å². The minimum absolute atomic E-state index is 0.149. The summed E-state index contributed by atoms with van der Waals surface area (Å²) >= 11 is 0. The van der Waals surface area contributed by atoms with Gasteiger partial charge in [-0.2, -0.15) is 0 Å². The number of nitrogens with zero attached hydrogens (tertiary/aromatic N) is 2. The van der Waals surface area contributed by atoms with Crippen molar-refractivity contribution < 1.29 is 14.4 Å². The molecule has 0 saturated carbocycles. The number of aryl methyl sites for hydroxylation is 1. The van der Waals surface area contributed by atoms with Crippen LogP contribution in [0.15, 0.2) is 10.6 Å². The van der Waals surface area contributed by atoms with Gasteiger partial charge in [-0.25, -0.2) is 0 Å². The Kier molecular flexibility index (Phi) is 2.69. The normalized spacial score (nSPS) is 19.2. The van der Waals surface area contributed by atoms with Crippen molar-refractivity contribution in [2.75, 3.05) is 25.0 Å². The Bertz CT molecular complexity index is 392. The minimum Gasteiger partial charge on any atom is -0.388 e. The maximum atomic E-state index is 11.5. The van der Waals surface area contributed by atoms with Gasteiger partial charge < -0.3 is 14.9 Å². The van der Waals surface area contributed by atoms with Crippen molar-refractivity contribution in [2.24, 2.45) is 0 Å². The monoisotopic (exact) mass is 225 g/mol. The summed E-state index contributed by atoms with van der Waals surface area (Å²) in [5.74, 6) is 0.931. The number of aromatic nitrogens is 1. The predicted molar refractivity (Wildman–Crippen MR) is 56.9 cm³/mol. The number of hydrogen-bond donors (Lipinski definition) is 2. The fraction of sp³-hybridized carbons (Fsp3) is 0.600. The highest BCUT2D eigenvalue weighted by Crippen LogP contribution is 2.19. The highest BCUT2D eigenvalue weighted by molar-refractivity contribution is 5.91. The van der Waals surface area contributed by atoms with Crippen molar-refractivity contribution >= 4 is 11.7 Å². The smallest absolute Gasteiger partial charge is 0.239 e. The molecule has 0 radical (unpaired) electrons. The molecule has 1 aliphatic heterocycles. The largest absolute Gasteiger partial charge is 0.388 e. The first-order chi connectivity index (χ1) is 7.44. The maximum absolute atomic E-state index is 11.5. The summed E-state index contributed by atoms with van der Waals surface area (Å²) in [5, 5.41) is 15.8. The van der Waals surface area contributed by atoms with Gasteiger partial charge >= 0.3 is 0 Å². The van der Waals surface area contributed by atoms with Gasteiger partial charge in [-0.1, -0.05) is 5.16 Å². The summed E-state index contributed by atoms with van der Waals surface area (Å²) in [5.41, 5.74) is -0.648. The number of carbonyl (C=O) groups excluding carboxylic acids is 1. The van der Waals surface area contributed by atoms with Gasteiger partial charge in [0.05, 0.1) is 12.1 Å². The third-order valence-electron chi connectivity index (χ3n) is 2.39. The molecule has 0 aromatic carbocycles. The van der Waals surface area contributed by atoms with Crippen LogP contribution >= 0.6 is 0 Å². The van der Waals surface area contributed by atoms with E-state index in [1.807, 2.05) is 4.90 Å². The Balaban J connectivity index is 1.77. The molecular formula is C10H15N3O3. The van der Waals surface area contributed by atoms with Crippen LogP contribution in [0.4, 0.5) is 5.82 Å². The zero-order chi connectivity index (χ0) is 11.8.